The third-order valence-corrected chi connectivity index (χ3v) is 2.43. The first kappa shape index (κ1) is 12.6. The zero-order valence-electron chi connectivity index (χ0n) is 9.87. The highest BCUT2D eigenvalue weighted by Gasteiger charge is 2.05. The van der Waals surface area contributed by atoms with Crippen molar-refractivity contribution in [3.05, 3.63) is 54.1 Å². The Bertz CT molecular complexity index is 575. The number of carbonyl (C=O) groups is 2. The third-order valence-electron chi connectivity index (χ3n) is 2.43. The van der Waals surface area contributed by atoms with E-state index in [1.807, 2.05) is 0 Å². The molecule has 0 radical (unpaired) electrons. The average Bonchev–Trinajstić information content (AvgIpc) is 2.42. The first-order valence-corrected chi connectivity index (χ1v) is 5.50. The van der Waals surface area contributed by atoms with E-state index in [0.717, 1.165) is 0 Å². The Hall–Kier alpha value is -2.82. The fourth-order valence-corrected chi connectivity index (χ4v) is 1.49. The minimum atomic E-state index is -0.288. The molecule has 0 unspecified atom stereocenters. The van der Waals surface area contributed by atoms with Crippen molar-refractivity contribution in [2.75, 3.05) is 5.32 Å². The first-order chi connectivity index (χ1) is 9.19. The number of phenols is 1. The van der Waals surface area contributed by atoms with Crippen molar-refractivity contribution in [2.45, 2.75) is 0 Å². The van der Waals surface area contributed by atoms with E-state index in [9.17, 15) is 9.59 Å². The van der Waals surface area contributed by atoms with Gasteiger partial charge in [0.2, 0.25) is 0 Å². The van der Waals surface area contributed by atoms with Gasteiger partial charge in [0.05, 0.1) is 0 Å². The molecular formula is C14H11NO4. The molecular weight excluding hydrogens is 246 g/mol. The Morgan fingerprint density at radius 2 is 1.68 bits per heavy atom. The number of hydrogen-bond acceptors (Lipinski definition) is 4. The Labute approximate surface area is 109 Å². The molecule has 2 aromatic carbocycles. The van der Waals surface area contributed by atoms with Gasteiger partial charge in [0.25, 0.3) is 12.4 Å². The molecule has 1 amide bonds. The quantitative estimate of drug-likeness (QED) is 0.823. The second kappa shape index (κ2) is 5.68. The van der Waals surface area contributed by atoms with Crippen LogP contribution in [-0.2, 0) is 4.79 Å². The zero-order valence-corrected chi connectivity index (χ0v) is 9.87. The number of amides is 1. The number of phenolic OH excluding ortho intramolecular Hbond substituents is 1. The van der Waals surface area contributed by atoms with E-state index in [4.69, 9.17) is 5.11 Å². The SMILES string of the molecule is O=COc1ccc(NC(=O)c2ccc(O)cc2)cc1. The Morgan fingerprint density at radius 1 is 1.05 bits per heavy atom. The van der Waals surface area contributed by atoms with Crippen LogP contribution in [0.15, 0.2) is 48.5 Å². The molecule has 5 heteroatoms. The van der Waals surface area contributed by atoms with Crippen molar-refractivity contribution in [1.29, 1.82) is 0 Å². The lowest BCUT2D eigenvalue weighted by Gasteiger charge is -2.06. The van der Waals surface area contributed by atoms with Crippen LogP contribution in [0.1, 0.15) is 10.4 Å². The fourth-order valence-electron chi connectivity index (χ4n) is 1.49. The molecule has 96 valence electrons. The number of benzene rings is 2. The van der Waals surface area contributed by atoms with Gasteiger partial charge in [0, 0.05) is 11.3 Å². The van der Waals surface area contributed by atoms with Gasteiger partial charge >= 0.3 is 0 Å². The van der Waals surface area contributed by atoms with Crippen molar-refractivity contribution in [1.82, 2.24) is 0 Å². The highest BCUT2D eigenvalue weighted by molar-refractivity contribution is 6.04. The number of carbonyl (C=O) groups excluding carboxylic acids is 2. The van der Waals surface area contributed by atoms with Crippen molar-refractivity contribution in [3.63, 3.8) is 0 Å². The van der Waals surface area contributed by atoms with Gasteiger partial charge in [0.1, 0.15) is 11.5 Å². The summed E-state index contributed by atoms with van der Waals surface area (Å²) < 4.78 is 4.64. The highest BCUT2D eigenvalue weighted by atomic mass is 16.5. The Balaban J connectivity index is 2.06. The van der Waals surface area contributed by atoms with E-state index in [1.54, 1.807) is 24.3 Å². The number of rotatable bonds is 4. The number of hydrogen-bond donors (Lipinski definition) is 2. The predicted molar refractivity (Wildman–Crippen MR) is 69.2 cm³/mol. The maximum atomic E-state index is 11.9. The largest absolute Gasteiger partial charge is 0.508 e. The van der Waals surface area contributed by atoms with E-state index in [1.165, 1.54) is 24.3 Å². The second-order valence-corrected chi connectivity index (χ2v) is 3.74. The van der Waals surface area contributed by atoms with E-state index < -0.39 is 0 Å². The standard InChI is InChI=1S/C14H11NO4/c16-9-19-13-7-3-11(4-8-13)15-14(18)10-1-5-12(17)6-2-10/h1-9,17H,(H,15,18). The molecule has 0 aliphatic rings. The summed E-state index contributed by atoms with van der Waals surface area (Å²) in [6.07, 6.45) is 0. The van der Waals surface area contributed by atoms with E-state index in [-0.39, 0.29) is 11.7 Å². The molecule has 0 aromatic heterocycles. The normalized spacial score (nSPS) is 9.68. The van der Waals surface area contributed by atoms with Crippen molar-refractivity contribution < 1.29 is 19.4 Å². The molecule has 0 aliphatic carbocycles. The molecule has 0 fully saturated rings. The number of nitrogens with one attached hydrogen (secondary N) is 1. The van der Waals surface area contributed by atoms with Crippen LogP contribution in [0.4, 0.5) is 5.69 Å². The van der Waals surface area contributed by atoms with Crippen LogP contribution in [-0.4, -0.2) is 17.5 Å². The summed E-state index contributed by atoms with van der Waals surface area (Å²) in [5, 5.41) is 11.8. The van der Waals surface area contributed by atoms with E-state index >= 15 is 0 Å². The van der Waals surface area contributed by atoms with Crippen LogP contribution in [0, 0.1) is 0 Å². The van der Waals surface area contributed by atoms with Crippen LogP contribution in [0.3, 0.4) is 0 Å². The molecule has 0 saturated heterocycles. The van der Waals surface area contributed by atoms with E-state index in [2.05, 4.69) is 10.1 Å². The molecule has 0 atom stereocenters. The van der Waals surface area contributed by atoms with Crippen LogP contribution in [0.5, 0.6) is 11.5 Å². The van der Waals surface area contributed by atoms with Gasteiger partial charge in [0.15, 0.2) is 0 Å². The highest BCUT2D eigenvalue weighted by Crippen LogP contribution is 2.16. The second-order valence-electron chi connectivity index (χ2n) is 3.74. The van der Waals surface area contributed by atoms with Crippen molar-refractivity contribution in [2.24, 2.45) is 0 Å². The average molecular weight is 257 g/mol. The number of aromatic hydroxyl groups is 1. The van der Waals surface area contributed by atoms with Gasteiger partial charge in [-0.2, -0.15) is 0 Å². The van der Waals surface area contributed by atoms with Crippen LogP contribution in [0.25, 0.3) is 0 Å². The van der Waals surface area contributed by atoms with Gasteiger partial charge in [-0.15, -0.1) is 0 Å². The summed E-state index contributed by atoms with van der Waals surface area (Å²) in [7, 11) is 0. The molecule has 0 saturated carbocycles. The maximum Gasteiger partial charge on any atom is 0.298 e. The lowest BCUT2D eigenvalue weighted by molar-refractivity contribution is -0.120. The molecule has 5 nitrogen and oxygen atoms in total. The third kappa shape index (κ3) is 3.32. The summed E-state index contributed by atoms with van der Waals surface area (Å²) in [6, 6.07) is 12.3. The van der Waals surface area contributed by atoms with Crippen molar-refractivity contribution >= 4 is 18.1 Å². The number of anilines is 1. The molecule has 2 N–H and O–H groups in total. The van der Waals surface area contributed by atoms with Gasteiger partial charge < -0.3 is 15.2 Å². The van der Waals surface area contributed by atoms with Gasteiger partial charge in [-0.1, -0.05) is 0 Å². The summed E-state index contributed by atoms with van der Waals surface area (Å²) in [5.74, 6) is 0.216. The predicted octanol–water partition coefficient (Wildman–Crippen LogP) is 2.18. The molecule has 0 heterocycles. The zero-order chi connectivity index (χ0) is 13.7. The van der Waals surface area contributed by atoms with E-state index in [0.29, 0.717) is 23.5 Å². The Morgan fingerprint density at radius 3 is 2.26 bits per heavy atom. The summed E-state index contributed by atoms with van der Waals surface area (Å²) in [6.45, 7) is 0.337. The van der Waals surface area contributed by atoms with Crippen LogP contribution < -0.4 is 10.1 Å². The number of ether oxygens (including phenoxy) is 1. The topological polar surface area (TPSA) is 75.6 Å². The van der Waals surface area contributed by atoms with Gasteiger partial charge in [-0.05, 0) is 48.5 Å². The van der Waals surface area contributed by atoms with Crippen LogP contribution >= 0.6 is 0 Å². The minimum absolute atomic E-state index is 0.104. The van der Waals surface area contributed by atoms with Gasteiger partial charge in [-0.3, -0.25) is 9.59 Å². The molecule has 2 aromatic rings. The van der Waals surface area contributed by atoms with Crippen LogP contribution in [0.2, 0.25) is 0 Å². The molecule has 0 aliphatic heterocycles. The van der Waals surface area contributed by atoms with Crippen molar-refractivity contribution in [3.8, 4) is 11.5 Å². The summed E-state index contributed by atoms with van der Waals surface area (Å²) in [4.78, 5) is 22.0. The van der Waals surface area contributed by atoms with Gasteiger partial charge in [-0.25, -0.2) is 0 Å². The Kier molecular flexibility index (Phi) is 3.78. The smallest absolute Gasteiger partial charge is 0.298 e. The molecule has 0 spiro atoms. The maximum absolute atomic E-state index is 11.9. The summed E-state index contributed by atoms with van der Waals surface area (Å²) in [5.41, 5.74) is 1.02. The lowest BCUT2D eigenvalue weighted by atomic mass is 10.2. The fraction of sp³-hybridized carbons (Fsp3) is 0. The minimum Gasteiger partial charge on any atom is -0.508 e. The first-order valence-electron chi connectivity index (χ1n) is 5.50. The summed E-state index contributed by atoms with van der Waals surface area (Å²) >= 11 is 0. The monoisotopic (exact) mass is 257 g/mol. The lowest BCUT2D eigenvalue weighted by Crippen LogP contribution is -2.11. The molecule has 2 rings (SSSR count). The molecule has 19 heavy (non-hydrogen) atoms. The molecule has 0 bridgehead atoms.